The van der Waals surface area contributed by atoms with E-state index in [2.05, 4.69) is 0 Å². The zero-order chi connectivity index (χ0) is 22.9. The van der Waals surface area contributed by atoms with Crippen LogP contribution in [0.3, 0.4) is 0 Å². The van der Waals surface area contributed by atoms with Crippen LogP contribution in [0.15, 0.2) is 24.3 Å². The summed E-state index contributed by atoms with van der Waals surface area (Å²) in [5, 5.41) is 0. The molecule has 1 atom stereocenters. The summed E-state index contributed by atoms with van der Waals surface area (Å²) in [6.45, 7) is 10.5. The molecule has 0 saturated carbocycles. The van der Waals surface area contributed by atoms with Crippen LogP contribution in [0.4, 0.5) is 4.79 Å². The van der Waals surface area contributed by atoms with Gasteiger partial charge in [0.05, 0.1) is 6.10 Å². The van der Waals surface area contributed by atoms with Crippen LogP contribution in [-0.2, 0) is 30.2 Å². The van der Waals surface area contributed by atoms with E-state index in [0.29, 0.717) is 5.75 Å². The van der Waals surface area contributed by atoms with Gasteiger partial charge in [0.25, 0.3) is 0 Å². The Balaban J connectivity index is 3.25. The third kappa shape index (κ3) is 7.84. The van der Waals surface area contributed by atoms with E-state index in [1.807, 2.05) is 12.1 Å². The lowest BCUT2D eigenvalue weighted by atomic mass is 9.91. The van der Waals surface area contributed by atoms with Gasteiger partial charge < -0.3 is 23.7 Å². The number of carbonyl (C=O) groups is 2. The minimum Gasteiger partial charge on any atom is -0.468 e. The molecule has 0 aromatic heterocycles. The molecular weight excluding hydrogens is 390 g/mol. The molecule has 0 aliphatic carbocycles. The van der Waals surface area contributed by atoms with Gasteiger partial charge >= 0.3 is 12.1 Å². The number of ether oxygens (including phenoxy) is 5. The van der Waals surface area contributed by atoms with Gasteiger partial charge in [0.15, 0.2) is 6.79 Å². The molecule has 0 bridgehead atoms. The normalized spacial score (nSPS) is 13.5. The topological polar surface area (TPSA) is 83.5 Å². The SMILES string of the molecule is COCOc1ccc(C[C@@](C)(C(=O)OC(C)C)N(COC)C(=O)OC(C)(C)C)cc1. The summed E-state index contributed by atoms with van der Waals surface area (Å²) in [5.41, 5.74) is -1.27. The first-order valence-corrected chi connectivity index (χ1v) is 9.84. The zero-order valence-corrected chi connectivity index (χ0v) is 19.3. The number of amides is 1. The molecule has 170 valence electrons. The van der Waals surface area contributed by atoms with Crippen LogP contribution in [0.25, 0.3) is 0 Å². The van der Waals surface area contributed by atoms with Crippen molar-refractivity contribution in [3.8, 4) is 5.75 Å². The van der Waals surface area contributed by atoms with Gasteiger partial charge in [-0.3, -0.25) is 4.90 Å². The Morgan fingerprint density at radius 1 is 1.00 bits per heavy atom. The molecule has 0 N–H and O–H groups in total. The number of hydrogen-bond donors (Lipinski definition) is 0. The number of rotatable bonds is 10. The van der Waals surface area contributed by atoms with Crippen molar-refractivity contribution >= 4 is 12.1 Å². The van der Waals surface area contributed by atoms with Crippen LogP contribution < -0.4 is 4.74 Å². The first-order valence-electron chi connectivity index (χ1n) is 9.84. The van der Waals surface area contributed by atoms with Gasteiger partial charge in [-0.1, -0.05) is 12.1 Å². The molecule has 1 aromatic carbocycles. The molecule has 0 saturated heterocycles. The van der Waals surface area contributed by atoms with E-state index in [1.54, 1.807) is 60.8 Å². The van der Waals surface area contributed by atoms with E-state index in [-0.39, 0.29) is 26.0 Å². The van der Waals surface area contributed by atoms with Gasteiger partial charge in [-0.25, -0.2) is 9.59 Å². The Morgan fingerprint density at radius 2 is 1.60 bits per heavy atom. The van der Waals surface area contributed by atoms with Gasteiger partial charge in [0, 0.05) is 20.6 Å². The van der Waals surface area contributed by atoms with Crippen LogP contribution in [0.2, 0.25) is 0 Å². The highest BCUT2D eigenvalue weighted by Gasteiger charge is 2.46. The molecule has 1 aromatic rings. The molecule has 0 aliphatic heterocycles. The molecule has 8 nitrogen and oxygen atoms in total. The van der Waals surface area contributed by atoms with Gasteiger partial charge in [-0.15, -0.1) is 0 Å². The second-order valence-electron chi connectivity index (χ2n) is 8.43. The number of methoxy groups -OCH3 is 2. The lowest BCUT2D eigenvalue weighted by Crippen LogP contribution is -2.59. The fourth-order valence-electron chi connectivity index (χ4n) is 2.69. The van der Waals surface area contributed by atoms with E-state index in [0.717, 1.165) is 5.56 Å². The average Bonchev–Trinajstić information content (AvgIpc) is 2.63. The van der Waals surface area contributed by atoms with Crippen molar-refractivity contribution in [2.75, 3.05) is 27.7 Å². The fraction of sp³-hybridized carbons (Fsp3) is 0.636. The third-order valence-electron chi connectivity index (χ3n) is 4.07. The molecule has 0 heterocycles. The predicted octanol–water partition coefficient (Wildman–Crippen LogP) is 3.76. The molecule has 0 radical (unpaired) electrons. The maximum atomic E-state index is 13.1. The molecular formula is C22H35NO7. The smallest absolute Gasteiger partial charge is 0.413 e. The summed E-state index contributed by atoms with van der Waals surface area (Å²) < 4.78 is 26.5. The van der Waals surface area contributed by atoms with Crippen LogP contribution in [0, 0.1) is 0 Å². The van der Waals surface area contributed by atoms with Crippen LogP contribution in [-0.4, -0.2) is 61.9 Å². The van der Waals surface area contributed by atoms with Gasteiger partial charge in [0.1, 0.15) is 23.6 Å². The summed E-state index contributed by atoms with van der Waals surface area (Å²) >= 11 is 0. The molecule has 0 aliphatic rings. The van der Waals surface area contributed by atoms with Gasteiger partial charge in [-0.2, -0.15) is 0 Å². The minimum absolute atomic E-state index is 0.131. The van der Waals surface area contributed by atoms with E-state index >= 15 is 0 Å². The van der Waals surface area contributed by atoms with Crippen molar-refractivity contribution in [3.05, 3.63) is 29.8 Å². The van der Waals surface area contributed by atoms with Crippen LogP contribution >= 0.6 is 0 Å². The molecule has 30 heavy (non-hydrogen) atoms. The van der Waals surface area contributed by atoms with Crippen molar-refractivity contribution in [1.82, 2.24) is 4.90 Å². The first kappa shape index (κ1) is 25.7. The molecule has 0 fully saturated rings. The molecule has 8 heteroatoms. The summed E-state index contributed by atoms with van der Waals surface area (Å²) in [7, 11) is 2.99. The van der Waals surface area contributed by atoms with Gasteiger partial charge in [-0.05, 0) is 59.2 Å². The maximum absolute atomic E-state index is 13.1. The Hall–Kier alpha value is -2.32. The number of hydrogen-bond acceptors (Lipinski definition) is 7. The lowest BCUT2D eigenvalue weighted by molar-refractivity contribution is -0.164. The Bertz CT molecular complexity index is 682. The largest absolute Gasteiger partial charge is 0.468 e. The highest BCUT2D eigenvalue weighted by Crippen LogP contribution is 2.27. The molecule has 0 unspecified atom stereocenters. The van der Waals surface area contributed by atoms with Crippen LogP contribution in [0.1, 0.15) is 47.1 Å². The summed E-state index contributed by atoms with van der Waals surface area (Å²) in [6, 6.07) is 7.20. The second kappa shape index (κ2) is 11.2. The number of esters is 1. The van der Waals surface area contributed by atoms with Crippen molar-refractivity contribution in [1.29, 1.82) is 0 Å². The number of benzene rings is 1. The van der Waals surface area contributed by atoms with E-state index in [4.69, 9.17) is 23.7 Å². The molecule has 0 spiro atoms. The number of nitrogens with zero attached hydrogens (tertiary/aromatic N) is 1. The Morgan fingerprint density at radius 3 is 2.07 bits per heavy atom. The Labute approximate surface area is 179 Å². The minimum atomic E-state index is -1.35. The quantitative estimate of drug-likeness (QED) is 0.417. The molecule has 1 amide bonds. The van der Waals surface area contributed by atoms with Crippen LogP contribution in [0.5, 0.6) is 5.75 Å². The van der Waals surface area contributed by atoms with Crippen molar-refractivity contribution < 1.29 is 33.3 Å². The summed E-state index contributed by atoms with van der Waals surface area (Å²) in [6.07, 6.45) is -0.802. The highest BCUT2D eigenvalue weighted by atomic mass is 16.7. The first-order chi connectivity index (χ1) is 13.9. The predicted molar refractivity (Wildman–Crippen MR) is 112 cm³/mol. The fourth-order valence-corrected chi connectivity index (χ4v) is 2.69. The van der Waals surface area contributed by atoms with Gasteiger partial charge in [0.2, 0.25) is 0 Å². The zero-order valence-electron chi connectivity index (χ0n) is 19.3. The number of carbonyl (C=O) groups excluding carboxylic acids is 2. The standard InChI is InChI=1S/C22H35NO7/c1-16(2)29-19(24)22(6,23(14-26-7)20(25)30-21(3,4)5)13-17-9-11-18(12-10-17)28-15-27-8/h9-12,16H,13-15H2,1-8H3/t22-/m0/s1. The summed E-state index contributed by atoms with van der Waals surface area (Å²) in [5.74, 6) is 0.0908. The lowest BCUT2D eigenvalue weighted by Gasteiger charge is -2.39. The maximum Gasteiger partial charge on any atom is 0.413 e. The monoisotopic (exact) mass is 425 g/mol. The van der Waals surface area contributed by atoms with Crippen molar-refractivity contribution in [2.45, 2.75) is 65.2 Å². The highest BCUT2D eigenvalue weighted by molar-refractivity contribution is 5.86. The van der Waals surface area contributed by atoms with E-state index in [1.165, 1.54) is 12.0 Å². The van der Waals surface area contributed by atoms with E-state index < -0.39 is 23.2 Å². The average molecular weight is 426 g/mol. The van der Waals surface area contributed by atoms with Crippen molar-refractivity contribution in [2.24, 2.45) is 0 Å². The Kier molecular flexibility index (Phi) is 9.58. The summed E-state index contributed by atoms with van der Waals surface area (Å²) in [4.78, 5) is 27.3. The van der Waals surface area contributed by atoms with Crippen molar-refractivity contribution in [3.63, 3.8) is 0 Å². The van der Waals surface area contributed by atoms with E-state index in [9.17, 15) is 9.59 Å². The third-order valence-corrected chi connectivity index (χ3v) is 4.07. The second-order valence-corrected chi connectivity index (χ2v) is 8.43. The molecule has 1 rings (SSSR count).